The summed E-state index contributed by atoms with van der Waals surface area (Å²) < 4.78 is 34.2. The largest absolute Gasteiger partial charge is 0.492 e. The van der Waals surface area contributed by atoms with Gasteiger partial charge >= 0.3 is 0 Å². The summed E-state index contributed by atoms with van der Waals surface area (Å²) in [6.45, 7) is 8.29. The zero-order valence-corrected chi connectivity index (χ0v) is 20.3. The van der Waals surface area contributed by atoms with Crippen LogP contribution >= 0.6 is 0 Å². The fourth-order valence-corrected chi connectivity index (χ4v) is 4.62. The van der Waals surface area contributed by atoms with Crippen LogP contribution in [-0.2, 0) is 16.4 Å². The molecule has 0 atom stereocenters. The van der Waals surface area contributed by atoms with E-state index in [0.717, 1.165) is 23.3 Å². The molecule has 2 N–H and O–H groups in total. The van der Waals surface area contributed by atoms with E-state index in [1.54, 1.807) is 31.2 Å². The first-order valence-corrected chi connectivity index (χ1v) is 12.4. The van der Waals surface area contributed by atoms with Gasteiger partial charge in [0.15, 0.2) is 0 Å². The number of amides is 1. The number of hydrogen-bond acceptors (Lipinski definition) is 4. The number of ether oxygens (including phenoxy) is 1. The molecule has 7 heteroatoms. The maximum absolute atomic E-state index is 13.0. The highest BCUT2D eigenvalue weighted by molar-refractivity contribution is 7.92. The Morgan fingerprint density at radius 1 is 0.879 bits per heavy atom. The number of aryl methyl sites for hydroxylation is 4. The molecule has 0 aliphatic heterocycles. The van der Waals surface area contributed by atoms with Crippen molar-refractivity contribution in [3.8, 4) is 5.75 Å². The lowest BCUT2D eigenvalue weighted by Gasteiger charge is -2.13. The molecule has 0 spiro atoms. The van der Waals surface area contributed by atoms with Gasteiger partial charge in [0.05, 0.1) is 11.4 Å². The third-order valence-electron chi connectivity index (χ3n) is 5.49. The van der Waals surface area contributed by atoms with Gasteiger partial charge in [0.2, 0.25) is 0 Å². The predicted molar refractivity (Wildman–Crippen MR) is 132 cm³/mol. The Morgan fingerprint density at radius 3 is 2.24 bits per heavy atom. The SMILES string of the molecule is CCc1ccc(OCCNC(=O)c2ccc(C)c(S(=O)(=O)Nc3ccc(C)c(C)c3)c2)cc1. The summed E-state index contributed by atoms with van der Waals surface area (Å²) in [5.41, 5.74) is 4.61. The molecule has 0 heterocycles. The van der Waals surface area contributed by atoms with E-state index in [0.29, 0.717) is 24.4 Å². The lowest BCUT2D eigenvalue weighted by molar-refractivity contribution is 0.0946. The van der Waals surface area contributed by atoms with Crippen molar-refractivity contribution >= 4 is 21.6 Å². The minimum absolute atomic E-state index is 0.0700. The Balaban J connectivity index is 1.64. The molecule has 0 aliphatic carbocycles. The summed E-state index contributed by atoms with van der Waals surface area (Å²) in [6, 6.07) is 17.8. The first-order chi connectivity index (χ1) is 15.7. The summed E-state index contributed by atoms with van der Waals surface area (Å²) in [7, 11) is -3.85. The quantitative estimate of drug-likeness (QED) is 0.444. The van der Waals surface area contributed by atoms with Crippen molar-refractivity contribution in [2.24, 2.45) is 0 Å². The molecule has 0 aromatic heterocycles. The lowest BCUT2D eigenvalue weighted by atomic mass is 10.1. The highest BCUT2D eigenvalue weighted by Gasteiger charge is 2.19. The molecule has 0 aliphatic rings. The monoisotopic (exact) mass is 466 g/mol. The van der Waals surface area contributed by atoms with Gasteiger partial charge in [0.1, 0.15) is 12.4 Å². The molecule has 0 saturated heterocycles. The van der Waals surface area contributed by atoms with E-state index in [2.05, 4.69) is 17.0 Å². The normalized spacial score (nSPS) is 11.2. The molecular weight excluding hydrogens is 436 g/mol. The highest BCUT2D eigenvalue weighted by Crippen LogP contribution is 2.22. The first kappa shape index (κ1) is 24.3. The van der Waals surface area contributed by atoms with Crippen molar-refractivity contribution in [2.45, 2.75) is 39.0 Å². The van der Waals surface area contributed by atoms with Gasteiger partial charge in [-0.15, -0.1) is 0 Å². The van der Waals surface area contributed by atoms with Crippen LogP contribution < -0.4 is 14.8 Å². The average Bonchev–Trinajstić information content (AvgIpc) is 2.79. The van der Waals surface area contributed by atoms with Crippen LogP contribution in [0.15, 0.2) is 65.6 Å². The second-order valence-corrected chi connectivity index (χ2v) is 9.64. The van der Waals surface area contributed by atoms with Crippen LogP contribution in [0.25, 0.3) is 0 Å². The standard InChI is InChI=1S/C26H30N2O4S/c1-5-21-8-12-24(13-9-21)32-15-14-27-26(29)22-10-6-19(3)25(17-22)33(30,31)28-23-11-7-18(2)20(4)16-23/h6-13,16-17,28H,5,14-15H2,1-4H3,(H,27,29). The zero-order valence-electron chi connectivity index (χ0n) is 19.4. The Labute approximate surface area is 196 Å². The predicted octanol–water partition coefficient (Wildman–Crippen LogP) is 4.78. The summed E-state index contributed by atoms with van der Waals surface area (Å²) in [5.74, 6) is 0.380. The van der Waals surface area contributed by atoms with Crippen LogP contribution in [0.3, 0.4) is 0 Å². The van der Waals surface area contributed by atoms with Gasteiger partial charge in [-0.05, 0) is 85.8 Å². The number of sulfonamides is 1. The maximum Gasteiger partial charge on any atom is 0.262 e. The number of nitrogens with one attached hydrogen (secondary N) is 2. The van der Waals surface area contributed by atoms with Crippen LogP contribution in [-0.4, -0.2) is 27.5 Å². The molecular formula is C26H30N2O4S. The maximum atomic E-state index is 13.0. The van der Waals surface area contributed by atoms with Crippen molar-refractivity contribution < 1.29 is 17.9 Å². The number of anilines is 1. The Bertz CT molecular complexity index is 1240. The van der Waals surface area contributed by atoms with Crippen LogP contribution in [0.1, 0.15) is 39.5 Å². The average molecular weight is 467 g/mol. The molecule has 3 rings (SSSR count). The van der Waals surface area contributed by atoms with E-state index in [1.807, 2.05) is 44.2 Å². The van der Waals surface area contributed by atoms with Gasteiger partial charge in [-0.25, -0.2) is 8.42 Å². The number of hydrogen-bond donors (Lipinski definition) is 2. The highest BCUT2D eigenvalue weighted by atomic mass is 32.2. The summed E-state index contributed by atoms with van der Waals surface area (Å²) >= 11 is 0. The fourth-order valence-electron chi connectivity index (χ4n) is 3.30. The van der Waals surface area contributed by atoms with E-state index in [1.165, 1.54) is 11.6 Å². The number of carbonyl (C=O) groups excluding carboxylic acids is 1. The topological polar surface area (TPSA) is 84.5 Å². The molecule has 0 radical (unpaired) electrons. The van der Waals surface area contributed by atoms with Crippen molar-refractivity contribution in [2.75, 3.05) is 17.9 Å². The molecule has 6 nitrogen and oxygen atoms in total. The third kappa shape index (κ3) is 6.35. The van der Waals surface area contributed by atoms with Gasteiger partial charge < -0.3 is 10.1 Å². The third-order valence-corrected chi connectivity index (χ3v) is 7.01. The zero-order chi connectivity index (χ0) is 24.0. The second-order valence-electron chi connectivity index (χ2n) is 7.99. The van der Waals surface area contributed by atoms with E-state index in [-0.39, 0.29) is 16.4 Å². The molecule has 0 saturated carbocycles. The molecule has 0 bridgehead atoms. The van der Waals surface area contributed by atoms with Gasteiger partial charge in [0, 0.05) is 11.3 Å². The molecule has 174 valence electrons. The molecule has 0 unspecified atom stereocenters. The van der Waals surface area contributed by atoms with Crippen molar-refractivity contribution in [3.63, 3.8) is 0 Å². The first-order valence-electron chi connectivity index (χ1n) is 10.9. The number of rotatable bonds is 9. The Kier molecular flexibility index (Phi) is 7.76. The van der Waals surface area contributed by atoms with Crippen LogP contribution in [0.2, 0.25) is 0 Å². The molecule has 3 aromatic carbocycles. The van der Waals surface area contributed by atoms with E-state index in [9.17, 15) is 13.2 Å². The fraction of sp³-hybridized carbons (Fsp3) is 0.269. The summed E-state index contributed by atoms with van der Waals surface area (Å²) in [4.78, 5) is 12.7. The van der Waals surface area contributed by atoms with Gasteiger partial charge in [0.25, 0.3) is 15.9 Å². The Hall–Kier alpha value is -3.32. The number of carbonyl (C=O) groups is 1. The lowest BCUT2D eigenvalue weighted by Crippen LogP contribution is -2.28. The molecule has 3 aromatic rings. The van der Waals surface area contributed by atoms with Crippen molar-refractivity contribution in [1.29, 1.82) is 0 Å². The van der Waals surface area contributed by atoms with E-state index >= 15 is 0 Å². The van der Waals surface area contributed by atoms with E-state index < -0.39 is 10.0 Å². The van der Waals surface area contributed by atoms with Crippen molar-refractivity contribution in [1.82, 2.24) is 5.32 Å². The van der Waals surface area contributed by atoms with Gasteiger partial charge in [-0.2, -0.15) is 0 Å². The van der Waals surface area contributed by atoms with Gasteiger partial charge in [-0.3, -0.25) is 9.52 Å². The minimum Gasteiger partial charge on any atom is -0.492 e. The minimum atomic E-state index is -3.85. The number of benzene rings is 3. The van der Waals surface area contributed by atoms with Crippen molar-refractivity contribution in [3.05, 3.63) is 88.5 Å². The Morgan fingerprint density at radius 2 is 1.58 bits per heavy atom. The van der Waals surface area contributed by atoms with Crippen LogP contribution in [0.5, 0.6) is 5.75 Å². The second kappa shape index (κ2) is 10.5. The smallest absolute Gasteiger partial charge is 0.262 e. The van der Waals surface area contributed by atoms with Gasteiger partial charge in [-0.1, -0.05) is 31.2 Å². The molecule has 0 fully saturated rings. The summed E-state index contributed by atoms with van der Waals surface area (Å²) in [5, 5.41) is 2.77. The molecule has 33 heavy (non-hydrogen) atoms. The molecule has 1 amide bonds. The van der Waals surface area contributed by atoms with Crippen LogP contribution in [0.4, 0.5) is 5.69 Å². The summed E-state index contributed by atoms with van der Waals surface area (Å²) in [6.07, 6.45) is 0.963. The van der Waals surface area contributed by atoms with E-state index in [4.69, 9.17) is 4.74 Å². The van der Waals surface area contributed by atoms with Crippen LogP contribution in [0, 0.1) is 20.8 Å².